The van der Waals surface area contributed by atoms with E-state index in [9.17, 15) is 14.7 Å². The summed E-state index contributed by atoms with van der Waals surface area (Å²) in [5.41, 5.74) is 0.671. The van der Waals surface area contributed by atoms with Gasteiger partial charge in [0.2, 0.25) is 0 Å². The maximum Gasteiger partial charge on any atom is 0.272 e. The number of ether oxygens (including phenoxy) is 1. The Morgan fingerprint density at radius 3 is 2.88 bits per heavy atom. The standard InChI is InChI=1S/C25H26N4O4/c1-33-23-15-17(8-10-22(23)31)7-9-18-16-19(30)11-14-29(18)13-4-12-26-24-20-5-2-3-6-21(20)25(32)28-27-24/h2-3,5-11,14-15,18,31H,4,12-13,16H2,1H3,(H,26,27)(H,28,32)/b9-7+. The smallest absolute Gasteiger partial charge is 0.272 e. The molecule has 0 spiro atoms. The summed E-state index contributed by atoms with van der Waals surface area (Å²) in [5.74, 6) is 1.23. The number of carbonyl (C=O) groups is 1. The molecule has 2 aromatic carbocycles. The van der Waals surface area contributed by atoms with E-state index in [1.54, 1.807) is 30.3 Å². The van der Waals surface area contributed by atoms with Crippen molar-refractivity contribution >= 4 is 28.4 Å². The molecule has 4 rings (SSSR count). The van der Waals surface area contributed by atoms with Crippen molar-refractivity contribution in [1.82, 2.24) is 15.1 Å². The molecule has 0 radical (unpaired) electrons. The third-order valence-electron chi connectivity index (χ3n) is 5.58. The average Bonchev–Trinajstić information content (AvgIpc) is 2.83. The number of aromatic amines is 1. The highest BCUT2D eigenvalue weighted by Gasteiger charge is 2.19. The van der Waals surface area contributed by atoms with Gasteiger partial charge in [-0.15, -0.1) is 0 Å². The van der Waals surface area contributed by atoms with Gasteiger partial charge in [0, 0.05) is 31.1 Å². The van der Waals surface area contributed by atoms with Crippen molar-refractivity contribution in [2.45, 2.75) is 18.9 Å². The van der Waals surface area contributed by atoms with E-state index < -0.39 is 0 Å². The number of aromatic nitrogens is 2. The third kappa shape index (κ3) is 5.23. The molecule has 8 heteroatoms. The van der Waals surface area contributed by atoms with E-state index in [1.807, 2.05) is 36.6 Å². The van der Waals surface area contributed by atoms with Crippen LogP contribution in [0.2, 0.25) is 0 Å². The highest BCUT2D eigenvalue weighted by atomic mass is 16.5. The molecular formula is C25H26N4O4. The number of fused-ring (bicyclic) bond motifs is 1. The lowest BCUT2D eigenvalue weighted by atomic mass is 10.0. The van der Waals surface area contributed by atoms with E-state index in [1.165, 1.54) is 7.11 Å². The van der Waals surface area contributed by atoms with Gasteiger partial charge in [-0.2, -0.15) is 5.10 Å². The lowest BCUT2D eigenvalue weighted by Gasteiger charge is -2.31. The Morgan fingerprint density at radius 1 is 1.24 bits per heavy atom. The molecule has 1 unspecified atom stereocenters. The second kappa shape index (κ2) is 10.0. The molecule has 0 bridgehead atoms. The van der Waals surface area contributed by atoms with Crippen LogP contribution in [0.1, 0.15) is 18.4 Å². The number of H-pyrrole nitrogens is 1. The maximum absolute atomic E-state index is 12.0. The minimum absolute atomic E-state index is 0.0608. The first-order valence-corrected chi connectivity index (χ1v) is 10.8. The van der Waals surface area contributed by atoms with Gasteiger partial charge in [-0.25, -0.2) is 5.10 Å². The minimum atomic E-state index is -0.208. The number of ketones is 1. The number of aromatic hydroxyl groups is 1. The highest BCUT2D eigenvalue weighted by Crippen LogP contribution is 2.27. The van der Waals surface area contributed by atoms with Gasteiger partial charge in [-0.3, -0.25) is 9.59 Å². The second-order valence-electron chi connectivity index (χ2n) is 7.81. The molecule has 2 heterocycles. The van der Waals surface area contributed by atoms with Crippen LogP contribution in [0.4, 0.5) is 5.82 Å². The van der Waals surface area contributed by atoms with Crippen molar-refractivity contribution in [1.29, 1.82) is 0 Å². The Labute approximate surface area is 191 Å². The molecular weight excluding hydrogens is 420 g/mol. The first kappa shape index (κ1) is 22.1. The molecule has 33 heavy (non-hydrogen) atoms. The van der Waals surface area contributed by atoms with Gasteiger partial charge in [-0.05, 0) is 36.3 Å². The Kier molecular flexibility index (Phi) is 6.73. The largest absolute Gasteiger partial charge is 0.504 e. The molecule has 0 aliphatic carbocycles. The van der Waals surface area contributed by atoms with Crippen molar-refractivity contribution in [3.63, 3.8) is 0 Å². The van der Waals surface area contributed by atoms with Crippen LogP contribution in [0.15, 0.2) is 65.6 Å². The highest BCUT2D eigenvalue weighted by molar-refractivity contribution is 5.91. The van der Waals surface area contributed by atoms with E-state index in [2.05, 4.69) is 20.4 Å². The van der Waals surface area contributed by atoms with Crippen LogP contribution in [-0.4, -0.2) is 52.2 Å². The topological polar surface area (TPSA) is 108 Å². The van der Waals surface area contributed by atoms with Crippen LogP contribution in [0.5, 0.6) is 11.5 Å². The molecule has 0 amide bonds. The summed E-state index contributed by atoms with van der Waals surface area (Å²) in [6.45, 7) is 1.40. The fourth-order valence-corrected chi connectivity index (χ4v) is 3.84. The number of nitrogens with zero attached hydrogens (tertiary/aromatic N) is 2. The molecule has 1 aliphatic rings. The second-order valence-corrected chi connectivity index (χ2v) is 7.81. The number of allylic oxidation sites excluding steroid dienone is 1. The number of rotatable bonds is 8. The van der Waals surface area contributed by atoms with E-state index >= 15 is 0 Å². The van der Waals surface area contributed by atoms with E-state index in [0.717, 1.165) is 23.9 Å². The number of methoxy groups -OCH3 is 1. The number of phenols is 1. The Bertz CT molecular complexity index is 1260. The number of anilines is 1. The van der Waals surface area contributed by atoms with Crippen LogP contribution in [0.3, 0.4) is 0 Å². The van der Waals surface area contributed by atoms with Gasteiger partial charge < -0.3 is 20.1 Å². The predicted octanol–water partition coefficient (Wildman–Crippen LogP) is 3.31. The molecule has 0 saturated carbocycles. The van der Waals surface area contributed by atoms with Gasteiger partial charge >= 0.3 is 0 Å². The SMILES string of the molecule is COc1cc(/C=C/C2CC(=O)C=CN2CCCNc2n[nH]c(=O)c3ccccc23)ccc1O. The molecule has 1 aliphatic heterocycles. The van der Waals surface area contributed by atoms with Crippen LogP contribution >= 0.6 is 0 Å². The van der Waals surface area contributed by atoms with Crippen molar-refractivity contribution in [2.75, 3.05) is 25.5 Å². The average molecular weight is 447 g/mol. The molecule has 0 fully saturated rings. The molecule has 1 aromatic heterocycles. The summed E-state index contributed by atoms with van der Waals surface area (Å²) >= 11 is 0. The number of phenolic OH excluding ortho intramolecular Hbond substituents is 1. The first-order chi connectivity index (χ1) is 16.0. The number of benzene rings is 2. The summed E-state index contributed by atoms with van der Waals surface area (Å²) in [6.07, 6.45) is 8.59. The molecule has 170 valence electrons. The van der Waals surface area contributed by atoms with Crippen LogP contribution in [0, 0.1) is 0 Å². The Balaban J connectivity index is 1.38. The lowest BCUT2D eigenvalue weighted by Crippen LogP contribution is -2.35. The predicted molar refractivity (Wildman–Crippen MR) is 128 cm³/mol. The summed E-state index contributed by atoms with van der Waals surface area (Å²) in [6, 6.07) is 12.4. The monoisotopic (exact) mass is 446 g/mol. The van der Waals surface area contributed by atoms with Gasteiger partial charge in [-0.1, -0.05) is 36.4 Å². The first-order valence-electron chi connectivity index (χ1n) is 10.8. The maximum atomic E-state index is 12.0. The molecule has 8 nitrogen and oxygen atoms in total. The van der Waals surface area contributed by atoms with E-state index in [4.69, 9.17) is 4.74 Å². The van der Waals surface area contributed by atoms with Crippen molar-refractivity contribution in [3.8, 4) is 11.5 Å². The van der Waals surface area contributed by atoms with Crippen molar-refractivity contribution < 1.29 is 14.6 Å². The number of nitrogens with one attached hydrogen (secondary N) is 2. The molecule has 0 saturated heterocycles. The van der Waals surface area contributed by atoms with Gasteiger partial charge in [0.05, 0.1) is 18.5 Å². The lowest BCUT2D eigenvalue weighted by molar-refractivity contribution is -0.116. The molecule has 3 N–H and O–H groups in total. The summed E-state index contributed by atoms with van der Waals surface area (Å²) in [4.78, 5) is 26.1. The molecule has 3 aromatic rings. The number of carbonyl (C=O) groups excluding carboxylic acids is 1. The quantitative estimate of drug-likeness (QED) is 0.456. The normalized spacial score (nSPS) is 16.0. The van der Waals surface area contributed by atoms with Crippen molar-refractivity contribution in [3.05, 3.63) is 76.7 Å². The zero-order chi connectivity index (χ0) is 23.2. The Morgan fingerprint density at radius 2 is 2.06 bits per heavy atom. The van der Waals surface area contributed by atoms with Gasteiger partial charge in [0.1, 0.15) is 0 Å². The molecule has 1 atom stereocenters. The number of hydrogen-bond donors (Lipinski definition) is 3. The zero-order valence-corrected chi connectivity index (χ0v) is 18.3. The summed E-state index contributed by atoms with van der Waals surface area (Å²) < 4.78 is 5.16. The van der Waals surface area contributed by atoms with E-state index in [0.29, 0.717) is 29.9 Å². The van der Waals surface area contributed by atoms with Gasteiger partial charge in [0.15, 0.2) is 23.1 Å². The van der Waals surface area contributed by atoms with Crippen LogP contribution < -0.4 is 15.6 Å². The fraction of sp³-hybridized carbons (Fsp3) is 0.240. The fourth-order valence-electron chi connectivity index (χ4n) is 3.84. The van der Waals surface area contributed by atoms with E-state index in [-0.39, 0.29) is 23.1 Å². The number of hydrogen-bond acceptors (Lipinski definition) is 7. The van der Waals surface area contributed by atoms with Gasteiger partial charge in [0.25, 0.3) is 5.56 Å². The zero-order valence-electron chi connectivity index (χ0n) is 18.3. The minimum Gasteiger partial charge on any atom is -0.504 e. The summed E-state index contributed by atoms with van der Waals surface area (Å²) in [7, 11) is 1.51. The summed E-state index contributed by atoms with van der Waals surface area (Å²) in [5, 5.41) is 21.1. The van der Waals surface area contributed by atoms with Crippen LogP contribution in [-0.2, 0) is 4.79 Å². The van der Waals surface area contributed by atoms with Crippen LogP contribution in [0.25, 0.3) is 16.8 Å². The van der Waals surface area contributed by atoms with Crippen molar-refractivity contribution in [2.24, 2.45) is 0 Å². The Hall–Kier alpha value is -4.07. The third-order valence-corrected chi connectivity index (χ3v) is 5.58.